The minimum atomic E-state index is -3.92. The van der Waals surface area contributed by atoms with Crippen LogP contribution in [0.5, 0.6) is 11.6 Å². The van der Waals surface area contributed by atoms with Gasteiger partial charge in [-0.2, -0.15) is 9.40 Å². The minimum Gasteiger partial charge on any atom is -0.465 e. The topological polar surface area (TPSA) is 104 Å². The number of rotatable bonds is 8. The Labute approximate surface area is 227 Å². The molecular weight excluding hydrogens is 595 g/mol. The van der Waals surface area contributed by atoms with Gasteiger partial charge in [-0.1, -0.05) is 23.2 Å². The summed E-state index contributed by atoms with van der Waals surface area (Å²) in [4.78, 5) is 16.1. The van der Waals surface area contributed by atoms with E-state index in [1.165, 1.54) is 29.7 Å². The van der Waals surface area contributed by atoms with Crippen LogP contribution in [0.15, 0.2) is 46.0 Å². The highest BCUT2D eigenvalue weighted by atomic mass is 79.9. The van der Waals surface area contributed by atoms with Crippen LogP contribution >= 0.6 is 39.1 Å². The zero-order valence-electron chi connectivity index (χ0n) is 19.4. The van der Waals surface area contributed by atoms with Gasteiger partial charge in [0.1, 0.15) is 17.2 Å². The summed E-state index contributed by atoms with van der Waals surface area (Å²) in [6, 6.07) is 5.76. The highest BCUT2D eigenvalue weighted by Gasteiger charge is 2.35. The summed E-state index contributed by atoms with van der Waals surface area (Å²) in [6.45, 7) is 2.01. The first-order chi connectivity index (χ1) is 17.1. The maximum Gasteiger partial charge on any atom is 0.327 e. The number of fused-ring (bicyclic) bond motifs is 1. The van der Waals surface area contributed by atoms with Crippen LogP contribution in [0.4, 0.5) is 0 Å². The number of benzene rings is 1. The average molecular weight is 618 g/mol. The smallest absolute Gasteiger partial charge is 0.327 e. The van der Waals surface area contributed by atoms with Crippen molar-refractivity contribution in [2.24, 2.45) is 0 Å². The highest BCUT2D eigenvalue weighted by molar-refractivity contribution is 9.10. The second-order valence-electron chi connectivity index (χ2n) is 8.07. The van der Waals surface area contributed by atoms with Crippen LogP contribution in [0.1, 0.15) is 37.1 Å². The first-order valence-electron chi connectivity index (χ1n) is 11.1. The largest absolute Gasteiger partial charge is 0.465 e. The number of halogens is 3. The zero-order chi connectivity index (χ0) is 26.0. The summed E-state index contributed by atoms with van der Waals surface area (Å²) in [5.41, 5.74) is 1.62. The highest BCUT2D eigenvalue weighted by Crippen LogP contribution is 2.38. The number of ether oxygens (including phenoxy) is 2. The number of nitrogens with zero attached hydrogens (tertiary/aromatic N) is 4. The molecule has 2 heterocycles. The number of hydrogen-bond donors (Lipinski definition) is 0. The zero-order valence-corrected chi connectivity index (χ0v) is 23.4. The Morgan fingerprint density at radius 2 is 2.06 bits per heavy atom. The van der Waals surface area contributed by atoms with Crippen molar-refractivity contribution in [1.82, 2.24) is 19.1 Å². The number of sulfonamides is 1. The minimum absolute atomic E-state index is 0.00235. The summed E-state index contributed by atoms with van der Waals surface area (Å²) in [5, 5.41) is 5.08. The number of carbonyl (C=O) groups excluding carboxylic acids is 1. The van der Waals surface area contributed by atoms with Crippen LogP contribution in [0.3, 0.4) is 0 Å². The number of hydrogen-bond acceptors (Lipinski definition) is 7. The Hall–Kier alpha value is -2.18. The molecule has 13 heteroatoms. The Morgan fingerprint density at radius 3 is 2.75 bits per heavy atom. The van der Waals surface area contributed by atoms with Gasteiger partial charge in [-0.15, -0.1) is 0 Å². The molecule has 0 fully saturated rings. The first-order valence-corrected chi connectivity index (χ1v) is 14.1. The third kappa shape index (κ3) is 5.55. The molecular formula is C23H23BrCl2N4O5S. The van der Waals surface area contributed by atoms with E-state index in [9.17, 15) is 13.2 Å². The summed E-state index contributed by atoms with van der Waals surface area (Å²) < 4.78 is 41.0. The normalized spacial score (nSPS) is 15.6. The van der Waals surface area contributed by atoms with Crippen molar-refractivity contribution in [2.75, 3.05) is 13.7 Å². The van der Waals surface area contributed by atoms with Crippen LogP contribution in [0, 0.1) is 0 Å². The molecule has 9 nitrogen and oxygen atoms in total. The molecule has 0 saturated heterocycles. The molecule has 0 radical (unpaired) electrons. The quantitative estimate of drug-likeness (QED) is 0.312. The molecule has 0 unspecified atom stereocenters. The summed E-state index contributed by atoms with van der Waals surface area (Å²) in [6.07, 6.45) is 4.95. The van der Waals surface area contributed by atoms with Crippen LogP contribution in [0.25, 0.3) is 0 Å². The molecule has 192 valence electrons. The van der Waals surface area contributed by atoms with E-state index in [1.54, 1.807) is 29.9 Å². The molecule has 1 aromatic carbocycles. The van der Waals surface area contributed by atoms with E-state index >= 15 is 0 Å². The standard InChI is InChI=1S/C23H23BrCl2N4O5S/c1-3-34-22(31)13-30-20-6-4-5-19(16(20)12-28-30)29(2)36(32,33)15-10-17(24)23(27-11-15)35-21-8-7-14(25)9-18(21)26/h7-12,19H,3-6,13H2,1-2H3/t19-/m1/s1. The fourth-order valence-electron chi connectivity index (χ4n) is 4.06. The number of pyridine rings is 1. The van der Waals surface area contributed by atoms with Gasteiger partial charge in [0, 0.05) is 23.3 Å². The maximum absolute atomic E-state index is 13.5. The van der Waals surface area contributed by atoms with E-state index in [0.717, 1.165) is 17.7 Å². The molecule has 1 atom stereocenters. The molecule has 0 spiro atoms. The van der Waals surface area contributed by atoms with Crippen LogP contribution in [-0.2, 0) is 32.5 Å². The first kappa shape index (κ1) is 26.9. The van der Waals surface area contributed by atoms with Crippen molar-refractivity contribution in [3.05, 3.63) is 62.4 Å². The van der Waals surface area contributed by atoms with E-state index in [2.05, 4.69) is 26.0 Å². The van der Waals surface area contributed by atoms with Crippen molar-refractivity contribution in [2.45, 2.75) is 43.7 Å². The lowest BCUT2D eigenvalue weighted by atomic mass is 9.93. The van der Waals surface area contributed by atoms with E-state index in [1.807, 2.05) is 0 Å². The Bertz CT molecular complexity index is 1400. The summed E-state index contributed by atoms with van der Waals surface area (Å²) >= 11 is 15.4. The second-order valence-corrected chi connectivity index (χ2v) is 11.8. The number of carbonyl (C=O) groups is 1. The van der Waals surface area contributed by atoms with Gasteiger partial charge in [0.25, 0.3) is 0 Å². The average Bonchev–Trinajstić information content (AvgIpc) is 3.24. The molecule has 2 aromatic heterocycles. The van der Waals surface area contributed by atoms with Gasteiger partial charge in [-0.05, 0) is 66.4 Å². The molecule has 0 saturated carbocycles. The molecule has 1 aliphatic carbocycles. The maximum atomic E-state index is 13.5. The van der Waals surface area contributed by atoms with Gasteiger partial charge < -0.3 is 9.47 Å². The lowest BCUT2D eigenvalue weighted by Crippen LogP contribution is -2.33. The Balaban J connectivity index is 1.57. The molecule has 1 aliphatic rings. The van der Waals surface area contributed by atoms with Gasteiger partial charge in [0.05, 0.1) is 34.5 Å². The molecule has 4 rings (SSSR count). The van der Waals surface area contributed by atoms with Gasteiger partial charge >= 0.3 is 5.97 Å². The van der Waals surface area contributed by atoms with Crippen molar-refractivity contribution in [3.63, 3.8) is 0 Å². The summed E-state index contributed by atoms with van der Waals surface area (Å²) in [7, 11) is -2.39. The van der Waals surface area contributed by atoms with Crippen LogP contribution < -0.4 is 4.74 Å². The third-order valence-electron chi connectivity index (χ3n) is 5.81. The van der Waals surface area contributed by atoms with Gasteiger partial charge in [-0.3, -0.25) is 9.48 Å². The van der Waals surface area contributed by atoms with Crippen LogP contribution in [0.2, 0.25) is 10.0 Å². The predicted molar refractivity (Wildman–Crippen MR) is 138 cm³/mol. The molecule has 0 bridgehead atoms. The van der Waals surface area contributed by atoms with Gasteiger partial charge in [0.15, 0.2) is 0 Å². The van der Waals surface area contributed by atoms with Crippen molar-refractivity contribution in [3.8, 4) is 11.6 Å². The third-order valence-corrected chi connectivity index (χ3v) is 8.74. The Kier molecular flexibility index (Phi) is 8.25. The van der Waals surface area contributed by atoms with Crippen LogP contribution in [-0.4, -0.2) is 47.1 Å². The SMILES string of the molecule is CCOC(=O)Cn1ncc2c1CCC[C@H]2N(C)S(=O)(=O)c1cnc(Oc2ccc(Cl)cc2Cl)c(Br)c1. The fraction of sp³-hybridized carbons (Fsp3) is 0.348. The number of esters is 1. The van der Waals surface area contributed by atoms with E-state index in [-0.39, 0.29) is 29.9 Å². The summed E-state index contributed by atoms with van der Waals surface area (Å²) in [5.74, 6) is 0.0993. The molecule has 0 N–H and O–H groups in total. The molecule has 3 aromatic rings. The monoisotopic (exact) mass is 616 g/mol. The lowest BCUT2D eigenvalue weighted by Gasteiger charge is -2.30. The Morgan fingerprint density at radius 1 is 1.28 bits per heavy atom. The van der Waals surface area contributed by atoms with Gasteiger partial charge in [0.2, 0.25) is 15.9 Å². The lowest BCUT2D eigenvalue weighted by molar-refractivity contribution is -0.144. The van der Waals surface area contributed by atoms with Gasteiger partial charge in [-0.25, -0.2) is 13.4 Å². The molecule has 0 amide bonds. The predicted octanol–water partition coefficient (Wildman–Crippen LogP) is 5.40. The van der Waals surface area contributed by atoms with Crippen molar-refractivity contribution < 1.29 is 22.7 Å². The second kappa shape index (κ2) is 11.1. The van der Waals surface area contributed by atoms with E-state index in [0.29, 0.717) is 33.1 Å². The van der Waals surface area contributed by atoms with Crippen molar-refractivity contribution >= 4 is 55.1 Å². The molecule has 36 heavy (non-hydrogen) atoms. The van der Waals surface area contributed by atoms with E-state index < -0.39 is 16.1 Å². The van der Waals surface area contributed by atoms with Crippen molar-refractivity contribution in [1.29, 1.82) is 0 Å². The fourth-order valence-corrected chi connectivity index (χ4v) is 6.43. The van der Waals surface area contributed by atoms with E-state index in [4.69, 9.17) is 32.7 Å². The molecule has 0 aliphatic heterocycles. The number of aromatic nitrogens is 3.